The normalized spacial score (nSPS) is 13.6. The molecule has 5 nitrogen and oxygen atoms in total. The molecule has 3 unspecified atom stereocenters. The first kappa shape index (κ1) is 51.1. The monoisotopic (exact) mass is 736 g/mol. The average Bonchev–Trinajstić information content (AvgIpc) is 3.15. The molecule has 0 aliphatic carbocycles. The van der Waals surface area contributed by atoms with E-state index in [1.807, 2.05) is 0 Å². The predicted octanol–water partition coefficient (Wildman–Crippen LogP) is 13.6. The van der Waals surface area contributed by atoms with E-state index >= 15 is 0 Å². The lowest BCUT2D eigenvalue weighted by Crippen LogP contribution is -2.50. The summed E-state index contributed by atoms with van der Waals surface area (Å²) in [6.07, 6.45) is 50.5. The van der Waals surface area contributed by atoms with Gasteiger partial charge in [-0.05, 0) is 38.5 Å². The Hall–Kier alpha value is -0.910. The van der Waals surface area contributed by atoms with Crippen molar-refractivity contribution in [2.24, 2.45) is 0 Å². The predicted molar refractivity (Wildman–Crippen MR) is 227 cm³/mol. The van der Waals surface area contributed by atoms with Crippen LogP contribution >= 0.6 is 0 Å². The summed E-state index contributed by atoms with van der Waals surface area (Å²) in [4.78, 5) is 12.4. The molecular formula is C47H93NO4. The van der Waals surface area contributed by atoms with Gasteiger partial charge in [-0.3, -0.25) is 4.79 Å². The van der Waals surface area contributed by atoms with Crippen LogP contribution in [0.15, 0.2) is 12.2 Å². The molecule has 310 valence electrons. The zero-order chi connectivity index (χ0) is 38.0. The Morgan fingerprint density at radius 3 is 1.12 bits per heavy atom. The number of aliphatic hydroxyl groups is 3. The van der Waals surface area contributed by atoms with Crippen molar-refractivity contribution in [2.45, 2.75) is 276 Å². The van der Waals surface area contributed by atoms with E-state index in [4.69, 9.17) is 0 Å². The molecule has 0 saturated carbocycles. The first-order valence-corrected chi connectivity index (χ1v) is 23.5. The summed E-state index contributed by atoms with van der Waals surface area (Å²) in [5.74, 6) is -0.150. The van der Waals surface area contributed by atoms with E-state index in [0.29, 0.717) is 12.8 Å². The highest BCUT2D eigenvalue weighted by Gasteiger charge is 2.26. The van der Waals surface area contributed by atoms with E-state index in [1.54, 1.807) is 0 Å². The van der Waals surface area contributed by atoms with Gasteiger partial charge in [0.05, 0.1) is 18.8 Å². The van der Waals surface area contributed by atoms with Gasteiger partial charge in [-0.1, -0.05) is 225 Å². The van der Waals surface area contributed by atoms with Crippen LogP contribution in [0.1, 0.15) is 258 Å². The number of nitrogens with one attached hydrogen (secondary N) is 1. The maximum absolute atomic E-state index is 12.4. The molecular weight excluding hydrogens is 643 g/mol. The number of carbonyl (C=O) groups is 1. The highest BCUT2D eigenvalue weighted by molar-refractivity contribution is 5.76. The van der Waals surface area contributed by atoms with Crippen molar-refractivity contribution in [3.8, 4) is 0 Å². The van der Waals surface area contributed by atoms with Crippen LogP contribution in [0.4, 0.5) is 0 Å². The number of amides is 1. The highest BCUT2D eigenvalue weighted by atomic mass is 16.3. The second-order valence-corrected chi connectivity index (χ2v) is 16.3. The van der Waals surface area contributed by atoms with E-state index in [1.165, 1.54) is 193 Å². The van der Waals surface area contributed by atoms with E-state index in [9.17, 15) is 20.1 Å². The minimum atomic E-state index is -1.15. The van der Waals surface area contributed by atoms with Gasteiger partial charge in [-0.15, -0.1) is 0 Å². The van der Waals surface area contributed by atoms with Crippen molar-refractivity contribution in [2.75, 3.05) is 6.61 Å². The lowest BCUT2D eigenvalue weighted by Gasteiger charge is -2.26. The maximum atomic E-state index is 12.4. The van der Waals surface area contributed by atoms with E-state index < -0.39 is 18.2 Å². The zero-order valence-corrected chi connectivity index (χ0v) is 35.2. The molecule has 0 aliphatic heterocycles. The Morgan fingerprint density at radius 2 is 0.769 bits per heavy atom. The number of rotatable bonds is 43. The third-order valence-electron chi connectivity index (χ3n) is 11.1. The van der Waals surface area contributed by atoms with Gasteiger partial charge in [0.25, 0.3) is 0 Å². The SMILES string of the molecule is CCCCCCCCCCCCCCCCCCC/C=C/CCCC(O)C(O)C(CO)NC(=O)CCCCCCCCCCCCCCCCCC. The van der Waals surface area contributed by atoms with Gasteiger partial charge in [-0.25, -0.2) is 0 Å². The van der Waals surface area contributed by atoms with Crippen LogP contribution in [0.25, 0.3) is 0 Å². The standard InChI is InChI=1S/C47H93NO4/c1-3-5-7-9-11-13-15-17-19-21-22-23-24-25-26-27-29-31-33-35-37-39-41-45(50)47(52)44(43-49)48-46(51)42-40-38-36-34-32-30-28-20-18-16-14-12-10-8-6-4-2/h33,35,44-45,47,49-50,52H,3-32,34,36-43H2,1-2H3,(H,48,51)/b35-33+. The summed E-state index contributed by atoms with van der Waals surface area (Å²) in [6.45, 7) is 4.19. The smallest absolute Gasteiger partial charge is 0.220 e. The fraction of sp³-hybridized carbons (Fsp3) is 0.936. The van der Waals surface area contributed by atoms with Gasteiger partial charge in [0, 0.05) is 6.42 Å². The maximum Gasteiger partial charge on any atom is 0.220 e. The molecule has 0 fully saturated rings. The second kappa shape index (κ2) is 42.8. The number of hydrogen-bond acceptors (Lipinski definition) is 4. The highest BCUT2D eigenvalue weighted by Crippen LogP contribution is 2.17. The van der Waals surface area contributed by atoms with Crippen LogP contribution in [0.3, 0.4) is 0 Å². The molecule has 0 radical (unpaired) electrons. The minimum absolute atomic E-state index is 0.150. The van der Waals surface area contributed by atoms with Gasteiger partial charge in [0.1, 0.15) is 6.10 Å². The average molecular weight is 736 g/mol. The largest absolute Gasteiger partial charge is 0.394 e. The van der Waals surface area contributed by atoms with Crippen molar-refractivity contribution in [1.29, 1.82) is 0 Å². The van der Waals surface area contributed by atoms with Crippen LogP contribution in [0, 0.1) is 0 Å². The van der Waals surface area contributed by atoms with Gasteiger partial charge in [0.15, 0.2) is 0 Å². The molecule has 0 bridgehead atoms. The van der Waals surface area contributed by atoms with Crippen molar-refractivity contribution < 1.29 is 20.1 Å². The number of carbonyl (C=O) groups excluding carboxylic acids is 1. The van der Waals surface area contributed by atoms with Crippen molar-refractivity contribution >= 4 is 5.91 Å². The molecule has 0 heterocycles. The summed E-state index contributed by atoms with van der Waals surface area (Å²) in [5.41, 5.74) is 0. The van der Waals surface area contributed by atoms with Crippen molar-refractivity contribution in [3.05, 3.63) is 12.2 Å². The van der Waals surface area contributed by atoms with Crippen molar-refractivity contribution in [3.63, 3.8) is 0 Å². The minimum Gasteiger partial charge on any atom is -0.394 e. The molecule has 0 spiro atoms. The quantitative estimate of drug-likeness (QED) is 0.0371. The fourth-order valence-electron chi connectivity index (χ4n) is 7.46. The molecule has 0 saturated heterocycles. The number of hydrogen-bond donors (Lipinski definition) is 4. The Labute approximate surface area is 325 Å². The van der Waals surface area contributed by atoms with Gasteiger partial charge in [0.2, 0.25) is 5.91 Å². The molecule has 0 aromatic heterocycles. The summed E-state index contributed by atoms with van der Waals surface area (Å²) in [7, 11) is 0. The molecule has 0 aromatic rings. The molecule has 0 rings (SSSR count). The Balaban J connectivity index is 3.61. The number of allylic oxidation sites excluding steroid dienone is 2. The Kier molecular flexibility index (Phi) is 42.1. The van der Waals surface area contributed by atoms with Crippen LogP contribution in [0.2, 0.25) is 0 Å². The summed E-state index contributed by atoms with van der Waals surface area (Å²) < 4.78 is 0. The van der Waals surface area contributed by atoms with E-state index in [0.717, 1.165) is 38.5 Å². The third kappa shape index (κ3) is 37.4. The van der Waals surface area contributed by atoms with Crippen molar-refractivity contribution in [1.82, 2.24) is 5.32 Å². The van der Waals surface area contributed by atoms with Gasteiger partial charge >= 0.3 is 0 Å². The van der Waals surface area contributed by atoms with Crippen LogP contribution in [-0.4, -0.2) is 46.1 Å². The van der Waals surface area contributed by atoms with E-state index in [2.05, 4.69) is 31.3 Å². The number of unbranched alkanes of at least 4 members (excludes halogenated alkanes) is 33. The molecule has 0 aromatic carbocycles. The molecule has 0 aliphatic rings. The second-order valence-electron chi connectivity index (χ2n) is 16.3. The van der Waals surface area contributed by atoms with E-state index in [-0.39, 0.29) is 12.5 Å². The summed E-state index contributed by atoms with van der Waals surface area (Å²) in [6, 6.07) is -0.821. The summed E-state index contributed by atoms with van der Waals surface area (Å²) in [5, 5.41) is 33.6. The van der Waals surface area contributed by atoms with Crippen LogP contribution in [0.5, 0.6) is 0 Å². The lowest BCUT2D eigenvalue weighted by atomic mass is 10.0. The van der Waals surface area contributed by atoms with Gasteiger partial charge in [-0.2, -0.15) is 0 Å². The lowest BCUT2D eigenvalue weighted by molar-refractivity contribution is -0.124. The molecule has 3 atom stereocenters. The number of aliphatic hydroxyl groups excluding tert-OH is 3. The molecule has 52 heavy (non-hydrogen) atoms. The Morgan fingerprint density at radius 1 is 0.462 bits per heavy atom. The fourth-order valence-corrected chi connectivity index (χ4v) is 7.46. The molecule has 1 amide bonds. The third-order valence-corrected chi connectivity index (χ3v) is 11.1. The molecule has 4 N–H and O–H groups in total. The zero-order valence-electron chi connectivity index (χ0n) is 35.2. The van der Waals surface area contributed by atoms with Gasteiger partial charge < -0.3 is 20.6 Å². The first-order valence-electron chi connectivity index (χ1n) is 23.5. The first-order chi connectivity index (χ1) is 25.6. The van der Waals surface area contributed by atoms with Crippen LogP contribution in [-0.2, 0) is 4.79 Å². The topological polar surface area (TPSA) is 89.8 Å². The van der Waals surface area contributed by atoms with Crippen LogP contribution < -0.4 is 5.32 Å². The summed E-state index contributed by atoms with van der Waals surface area (Å²) >= 11 is 0. The Bertz CT molecular complexity index is 728. The molecule has 5 heteroatoms.